The fourth-order valence-corrected chi connectivity index (χ4v) is 2.73. The van der Waals surface area contributed by atoms with E-state index in [2.05, 4.69) is 34.1 Å². The number of hydrogen-bond donors (Lipinski definition) is 1. The number of hydrogen-bond acceptors (Lipinski definition) is 1. The molecule has 0 atom stereocenters. The van der Waals surface area contributed by atoms with E-state index < -0.39 is 0 Å². The van der Waals surface area contributed by atoms with E-state index in [4.69, 9.17) is 11.6 Å². The van der Waals surface area contributed by atoms with Gasteiger partial charge in [-0.15, -0.1) is 0 Å². The van der Waals surface area contributed by atoms with E-state index in [0.29, 0.717) is 5.02 Å². The SMILES string of the molecule is Clc1[c]ncc([SH]2C=CC=C2)c1. The van der Waals surface area contributed by atoms with Crippen molar-refractivity contribution >= 4 is 22.5 Å². The summed E-state index contributed by atoms with van der Waals surface area (Å²) in [5, 5.41) is 4.93. The Labute approximate surface area is 79.1 Å². The molecule has 0 bridgehead atoms. The number of halogens is 1. The van der Waals surface area contributed by atoms with Gasteiger partial charge in [0.25, 0.3) is 0 Å². The van der Waals surface area contributed by atoms with Gasteiger partial charge >= 0.3 is 0 Å². The maximum atomic E-state index is 5.77. The van der Waals surface area contributed by atoms with E-state index in [-0.39, 0.29) is 10.9 Å². The monoisotopic (exact) mass is 196 g/mol. The molecule has 2 rings (SSSR count). The molecule has 0 saturated carbocycles. The van der Waals surface area contributed by atoms with Gasteiger partial charge in [-0.1, -0.05) is 23.8 Å². The van der Waals surface area contributed by atoms with Crippen LogP contribution in [0.5, 0.6) is 0 Å². The molecule has 0 N–H and O–H groups in total. The molecule has 1 radical (unpaired) electrons. The molecule has 61 valence electrons. The first-order valence-electron chi connectivity index (χ1n) is 3.53. The molecule has 2 heterocycles. The molecule has 0 amide bonds. The number of aromatic nitrogens is 1. The third-order valence-corrected chi connectivity index (χ3v) is 3.57. The molecule has 1 aliphatic heterocycles. The zero-order valence-corrected chi connectivity index (χ0v) is 7.89. The van der Waals surface area contributed by atoms with E-state index in [9.17, 15) is 0 Å². The second-order valence-corrected chi connectivity index (χ2v) is 4.71. The highest BCUT2D eigenvalue weighted by atomic mass is 35.5. The van der Waals surface area contributed by atoms with Gasteiger partial charge in [0.1, 0.15) is 6.20 Å². The summed E-state index contributed by atoms with van der Waals surface area (Å²) in [4.78, 5) is 5.10. The Bertz CT molecular complexity index is 334. The highest BCUT2D eigenvalue weighted by Gasteiger charge is 2.03. The fourth-order valence-electron chi connectivity index (χ4n) is 1.01. The molecule has 0 saturated heterocycles. The lowest BCUT2D eigenvalue weighted by molar-refractivity contribution is 1.23. The Balaban J connectivity index is 2.34. The van der Waals surface area contributed by atoms with Crippen LogP contribution in [-0.2, 0) is 0 Å². The summed E-state index contributed by atoms with van der Waals surface area (Å²) in [5.74, 6) is 0. The van der Waals surface area contributed by atoms with Gasteiger partial charge in [-0.3, -0.25) is 4.98 Å². The van der Waals surface area contributed by atoms with Crippen LogP contribution in [0.25, 0.3) is 0 Å². The molecule has 0 fully saturated rings. The van der Waals surface area contributed by atoms with Crippen molar-refractivity contribution in [1.29, 1.82) is 0 Å². The van der Waals surface area contributed by atoms with Crippen molar-refractivity contribution in [2.75, 3.05) is 0 Å². The highest BCUT2D eigenvalue weighted by molar-refractivity contribution is 8.22. The number of rotatable bonds is 1. The summed E-state index contributed by atoms with van der Waals surface area (Å²) >= 11 is 5.77. The van der Waals surface area contributed by atoms with Crippen molar-refractivity contribution in [2.24, 2.45) is 0 Å². The smallest absolute Gasteiger partial charge is 0.109 e. The minimum absolute atomic E-state index is 0.284. The number of thiol groups is 1. The van der Waals surface area contributed by atoms with E-state index in [1.165, 1.54) is 4.90 Å². The molecular formula is C9H7ClNS. The van der Waals surface area contributed by atoms with Crippen LogP contribution in [-0.4, -0.2) is 4.98 Å². The molecule has 0 unspecified atom stereocenters. The third-order valence-electron chi connectivity index (χ3n) is 1.55. The maximum Gasteiger partial charge on any atom is 0.109 e. The Morgan fingerprint density at radius 3 is 2.75 bits per heavy atom. The second kappa shape index (κ2) is 3.33. The molecule has 0 aromatic carbocycles. The lowest BCUT2D eigenvalue weighted by Gasteiger charge is -2.08. The van der Waals surface area contributed by atoms with Crippen LogP contribution in [0.15, 0.2) is 40.1 Å². The van der Waals surface area contributed by atoms with Gasteiger partial charge in [0.05, 0.1) is 5.02 Å². The highest BCUT2D eigenvalue weighted by Crippen LogP contribution is 2.41. The maximum absolute atomic E-state index is 5.77. The zero-order valence-electron chi connectivity index (χ0n) is 6.24. The minimum Gasteiger partial charge on any atom is -0.252 e. The van der Waals surface area contributed by atoms with Crippen molar-refractivity contribution in [1.82, 2.24) is 4.98 Å². The Morgan fingerprint density at radius 2 is 2.08 bits per heavy atom. The Hall–Kier alpha value is -0.730. The van der Waals surface area contributed by atoms with Crippen molar-refractivity contribution in [2.45, 2.75) is 4.90 Å². The van der Waals surface area contributed by atoms with Crippen molar-refractivity contribution in [3.63, 3.8) is 0 Å². The third kappa shape index (κ3) is 1.54. The van der Waals surface area contributed by atoms with Gasteiger partial charge in [0.15, 0.2) is 0 Å². The summed E-state index contributed by atoms with van der Waals surface area (Å²) in [6, 6.07) is 1.92. The zero-order chi connectivity index (χ0) is 8.39. The quantitative estimate of drug-likeness (QED) is 0.682. The molecule has 0 spiro atoms. The predicted octanol–water partition coefficient (Wildman–Crippen LogP) is 2.94. The van der Waals surface area contributed by atoms with Crippen LogP contribution in [0.3, 0.4) is 0 Å². The van der Waals surface area contributed by atoms with E-state index >= 15 is 0 Å². The molecule has 12 heavy (non-hydrogen) atoms. The largest absolute Gasteiger partial charge is 0.252 e. The summed E-state index contributed by atoms with van der Waals surface area (Å²) in [6.07, 6.45) is 8.59. The van der Waals surface area contributed by atoms with Crippen LogP contribution in [0, 0.1) is 6.20 Å². The standard InChI is InChI=1S/C9H7ClNS/c10-8-5-9(7-11-6-8)12-3-1-2-4-12/h1-5,7,12H. The van der Waals surface area contributed by atoms with Gasteiger partial charge in [-0.25, -0.2) is 0 Å². The van der Waals surface area contributed by atoms with Gasteiger partial charge in [-0.05, 0) is 16.9 Å². The van der Waals surface area contributed by atoms with Gasteiger partial charge in [0.2, 0.25) is 0 Å². The normalized spacial score (nSPS) is 17.2. The summed E-state index contributed by atoms with van der Waals surface area (Å²) < 4.78 is 0. The predicted molar refractivity (Wildman–Crippen MR) is 53.6 cm³/mol. The van der Waals surface area contributed by atoms with Gasteiger partial charge in [0, 0.05) is 11.1 Å². The van der Waals surface area contributed by atoms with Crippen LogP contribution >= 0.6 is 22.5 Å². The number of allylic oxidation sites excluding steroid dienone is 2. The van der Waals surface area contributed by atoms with Crippen LogP contribution in [0.4, 0.5) is 0 Å². The van der Waals surface area contributed by atoms with Gasteiger partial charge in [-0.2, -0.15) is 10.9 Å². The molecule has 1 aromatic rings. The van der Waals surface area contributed by atoms with Gasteiger partial charge < -0.3 is 0 Å². The fraction of sp³-hybridized carbons (Fsp3) is 0. The lowest BCUT2D eigenvalue weighted by atomic mass is 10.5. The van der Waals surface area contributed by atoms with Crippen LogP contribution in [0.1, 0.15) is 0 Å². The van der Waals surface area contributed by atoms with Crippen molar-refractivity contribution in [3.8, 4) is 0 Å². The van der Waals surface area contributed by atoms with E-state index in [0.717, 1.165) is 0 Å². The first-order chi connectivity index (χ1) is 5.86. The molecule has 0 aliphatic carbocycles. The molecule has 1 nitrogen and oxygen atoms in total. The number of pyridine rings is 1. The Kier molecular flexibility index (Phi) is 2.19. The Morgan fingerprint density at radius 1 is 1.33 bits per heavy atom. The first kappa shape index (κ1) is 7.90. The number of nitrogens with zero attached hydrogens (tertiary/aromatic N) is 1. The summed E-state index contributed by atoms with van der Waals surface area (Å²) in [7, 11) is -0.284. The molecule has 1 aromatic heterocycles. The lowest BCUT2D eigenvalue weighted by Crippen LogP contribution is -1.78. The first-order valence-corrected chi connectivity index (χ1v) is 5.38. The van der Waals surface area contributed by atoms with Crippen LogP contribution < -0.4 is 0 Å². The van der Waals surface area contributed by atoms with Crippen molar-refractivity contribution < 1.29 is 0 Å². The molecule has 1 aliphatic rings. The average Bonchev–Trinajstić information content (AvgIpc) is 2.56. The van der Waals surface area contributed by atoms with Crippen LogP contribution in [0.2, 0.25) is 5.02 Å². The average molecular weight is 197 g/mol. The second-order valence-electron chi connectivity index (χ2n) is 2.38. The summed E-state index contributed by atoms with van der Waals surface area (Å²) in [6.45, 7) is 0. The summed E-state index contributed by atoms with van der Waals surface area (Å²) in [5.41, 5.74) is 0. The van der Waals surface area contributed by atoms with E-state index in [1.807, 2.05) is 12.3 Å². The van der Waals surface area contributed by atoms with Crippen molar-refractivity contribution in [3.05, 3.63) is 46.5 Å². The molecule has 3 heteroatoms. The molecular weight excluding hydrogens is 190 g/mol. The minimum atomic E-state index is -0.284. The topological polar surface area (TPSA) is 12.9 Å². The van der Waals surface area contributed by atoms with E-state index in [1.54, 1.807) is 0 Å².